The van der Waals surface area contributed by atoms with Gasteiger partial charge in [-0.1, -0.05) is 21.1 Å². The topological polar surface area (TPSA) is 59.2 Å². The highest BCUT2D eigenvalue weighted by Crippen LogP contribution is 2.30. The predicted molar refractivity (Wildman–Crippen MR) is 74.5 cm³/mol. The van der Waals surface area contributed by atoms with Gasteiger partial charge in [-0.3, -0.25) is 0 Å². The zero-order chi connectivity index (χ0) is 15.0. The van der Waals surface area contributed by atoms with Gasteiger partial charge in [0, 0.05) is 10.0 Å². The molecule has 0 unspecified atom stereocenters. The van der Waals surface area contributed by atoms with Crippen LogP contribution in [0.15, 0.2) is 45.4 Å². The minimum atomic E-state index is -0.545. The molecule has 0 atom stereocenters. The monoisotopic (exact) mass is 352 g/mol. The second-order valence-corrected chi connectivity index (χ2v) is 5.16. The van der Waals surface area contributed by atoms with E-state index >= 15 is 0 Å². The van der Waals surface area contributed by atoms with Gasteiger partial charge in [-0.2, -0.15) is 4.98 Å². The van der Waals surface area contributed by atoms with Crippen LogP contribution in [0.4, 0.5) is 8.78 Å². The molecule has 0 aliphatic carbocycles. The molecule has 4 nitrogen and oxygen atoms in total. The maximum atomic E-state index is 13.4. The van der Waals surface area contributed by atoms with Gasteiger partial charge in [-0.25, -0.2) is 8.78 Å². The smallest absolute Gasteiger partial charge is 0.262 e. The van der Waals surface area contributed by atoms with Crippen LogP contribution in [0.1, 0.15) is 0 Å². The van der Waals surface area contributed by atoms with Crippen molar-refractivity contribution in [1.29, 1.82) is 0 Å². The number of aromatic nitrogens is 2. The summed E-state index contributed by atoms with van der Waals surface area (Å²) >= 11 is 3.17. The van der Waals surface area contributed by atoms with Crippen LogP contribution in [0.2, 0.25) is 0 Å². The standard InChI is InChI=1S/C14H7BrF2N2O2/c15-8-3-7(4-10(17)5-8)13-18-14(21-19-13)11-6-9(16)1-2-12(11)20/h1-6,20H. The van der Waals surface area contributed by atoms with E-state index in [4.69, 9.17) is 4.52 Å². The van der Waals surface area contributed by atoms with E-state index in [0.717, 1.165) is 12.1 Å². The van der Waals surface area contributed by atoms with Gasteiger partial charge in [0.15, 0.2) is 0 Å². The van der Waals surface area contributed by atoms with Gasteiger partial charge in [0.2, 0.25) is 5.82 Å². The van der Waals surface area contributed by atoms with Crippen molar-refractivity contribution >= 4 is 15.9 Å². The SMILES string of the molecule is Oc1ccc(F)cc1-c1nc(-c2cc(F)cc(Br)c2)no1. The van der Waals surface area contributed by atoms with Crippen LogP contribution in [-0.2, 0) is 0 Å². The van der Waals surface area contributed by atoms with Crippen molar-refractivity contribution in [1.82, 2.24) is 10.1 Å². The first-order chi connectivity index (χ1) is 10.0. The van der Waals surface area contributed by atoms with Crippen LogP contribution in [0.3, 0.4) is 0 Å². The Morgan fingerprint density at radius 3 is 2.62 bits per heavy atom. The van der Waals surface area contributed by atoms with E-state index in [-0.39, 0.29) is 23.0 Å². The van der Waals surface area contributed by atoms with Crippen molar-refractivity contribution in [3.63, 3.8) is 0 Å². The van der Waals surface area contributed by atoms with Gasteiger partial charge in [0.25, 0.3) is 5.89 Å². The molecule has 1 N–H and O–H groups in total. The summed E-state index contributed by atoms with van der Waals surface area (Å²) in [4.78, 5) is 4.04. The second-order valence-electron chi connectivity index (χ2n) is 4.24. The molecule has 0 bridgehead atoms. The van der Waals surface area contributed by atoms with Gasteiger partial charge in [0.05, 0.1) is 5.56 Å². The maximum absolute atomic E-state index is 13.4. The summed E-state index contributed by atoms with van der Waals surface area (Å²) in [6, 6.07) is 7.53. The molecule has 21 heavy (non-hydrogen) atoms. The Balaban J connectivity index is 2.05. The number of phenolic OH excluding ortho intramolecular Hbond substituents is 1. The summed E-state index contributed by atoms with van der Waals surface area (Å²) in [5.74, 6) is -1.11. The Morgan fingerprint density at radius 2 is 1.86 bits per heavy atom. The Hall–Kier alpha value is -2.28. The summed E-state index contributed by atoms with van der Waals surface area (Å²) < 4.78 is 32.1. The van der Waals surface area contributed by atoms with E-state index < -0.39 is 11.6 Å². The Labute approximate surface area is 126 Å². The molecule has 0 saturated carbocycles. The number of benzene rings is 2. The zero-order valence-electron chi connectivity index (χ0n) is 10.3. The van der Waals surface area contributed by atoms with E-state index in [9.17, 15) is 13.9 Å². The lowest BCUT2D eigenvalue weighted by Gasteiger charge is -1.98. The molecule has 7 heteroatoms. The lowest BCUT2D eigenvalue weighted by molar-refractivity contribution is 0.425. The molecule has 3 rings (SSSR count). The molecule has 1 heterocycles. The first-order valence-corrected chi connectivity index (χ1v) is 6.61. The number of nitrogens with zero attached hydrogens (tertiary/aromatic N) is 2. The minimum Gasteiger partial charge on any atom is -0.507 e. The number of halogens is 3. The average Bonchev–Trinajstić information content (AvgIpc) is 2.90. The third-order valence-electron chi connectivity index (χ3n) is 2.74. The van der Waals surface area contributed by atoms with Crippen LogP contribution in [0.5, 0.6) is 5.75 Å². The molecule has 0 radical (unpaired) electrons. The zero-order valence-corrected chi connectivity index (χ0v) is 11.9. The van der Waals surface area contributed by atoms with Crippen LogP contribution in [0.25, 0.3) is 22.8 Å². The summed E-state index contributed by atoms with van der Waals surface area (Å²) in [5, 5.41) is 13.4. The Morgan fingerprint density at radius 1 is 1.05 bits per heavy atom. The average molecular weight is 353 g/mol. The first kappa shape index (κ1) is 13.7. The summed E-state index contributed by atoms with van der Waals surface area (Å²) in [6.45, 7) is 0. The summed E-state index contributed by atoms with van der Waals surface area (Å²) in [7, 11) is 0. The van der Waals surface area contributed by atoms with Gasteiger partial charge in [-0.05, 0) is 36.4 Å². The van der Waals surface area contributed by atoms with E-state index in [0.29, 0.717) is 10.0 Å². The molecular weight excluding hydrogens is 346 g/mol. The third-order valence-corrected chi connectivity index (χ3v) is 3.19. The largest absolute Gasteiger partial charge is 0.507 e. The van der Waals surface area contributed by atoms with Crippen molar-refractivity contribution in [3.05, 3.63) is 52.5 Å². The van der Waals surface area contributed by atoms with Crippen LogP contribution in [0, 0.1) is 11.6 Å². The number of hydrogen-bond acceptors (Lipinski definition) is 4. The van der Waals surface area contributed by atoms with Gasteiger partial charge in [-0.15, -0.1) is 0 Å². The normalized spacial score (nSPS) is 10.8. The highest BCUT2D eigenvalue weighted by Gasteiger charge is 2.15. The number of aromatic hydroxyl groups is 1. The highest BCUT2D eigenvalue weighted by molar-refractivity contribution is 9.10. The molecule has 1 aromatic heterocycles. The summed E-state index contributed by atoms with van der Waals surface area (Å²) in [5.41, 5.74) is 0.469. The second kappa shape index (κ2) is 5.25. The van der Waals surface area contributed by atoms with Crippen molar-refractivity contribution in [2.45, 2.75) is 0 Å². The molecule has 0 spiro atoms. The lowest BCUT2D eigenvalue weighted by atomic mass is 10.2. The fourth-order valence-corrected chi connectivity index (χ4v) is 2.28. The molecular formula is C14H7BrF2N2O2. The molecule has 0 amide bonds. The highest BCUT2D eigenvalue weighted by atomic mass is 79.9. The molecule has 0 saturated heterocycles. The van der Waals surface area contributed by atoms with Crippen LogP contribution < -0.4 is 0 Å². The molecule has 2 aromatic carbocycles. The van der Waals surface area contributed by atoms with Crippen molar-refractivity contribution < 1.29 is 18.4 Å². The fourth-order valence-electron chi connectivity index (χ4n) is 1.81. The van der Waals surface area contributed by atoms with Crippen LogP contribution in [-0.4, -0.2) is 15.2 Å². The Kier molecular flexibility index (Phi) is 3.42. The number of rotatable bonds is 2. The number of hydrogen-bond donors (Lipinski definition) is 1. The quantitative estimate of drug-likeness (QED) is 0.752. The van der Waals surface area contributed by atoms with Crippen molar-refractivity contribution in [2.24, 2.45) is 0 Å². The maximum Gasteiger partial charge on any atom is 0.262 e. The van der Waals surface area contributed by atoms with E-state index in [1.165, 1.54) is 18.2 Å². The molecule has 0 aliphatic heterocycles. The van der Waals surface area contributed by atoms with Crippen molar-refractivity contribution in [3.8, 4) is 28.6 Å². The Bertz CT molecular complexity index is 800. The lowest BCUT2D eigenvalue weighted by Crippen LogP contribution is -1.85. The molecule has 106 valence electrons. The van der Waals surface area contributed by atoms with E-state index in [2.05, 4.69) is 26.1 Å². The van der Waals surface area contributed by atoms with Crippen molar-refractivity contribution in [2.75, 3.05) is 0 Å². The first-order valence-electron chi connectivity index (χ1n) is 5.82. The van der Waals surface area contributed by atoms with Gasteiger partial charge in [0.1, 0.15) is 17.4 Å². The van der Waals surface area contributed by atoms with E-state index in [1.807, 2.05) is 0 Å². The number of phenols is 1. The van der Waals surface area contributed by atoms with Gasteiger partial charge < -0.3 is 9.63 Å². The van der Waals surface area contributed by atoms with Crippen LogP contribution >= 0.6 is 15.9 Å². The molecule has 0 aliphatic rings. The fraction of sp³-hybridized carbons (Fsp3) is 0. The van der Waals surface area contributed by atoms with Gasteiger partial charge >= 0.3 is 0 Å². The predicted octanol–water partition coefficient (Wildman–Crippen LogP) is 4.15. The minimum absolute atomic E-state index is 0.0533. The third kappa shape index (κ3) is 2.78. The molecule has 0 fully saturated rings. The summed E-state index contributed by atoms with van der Waals surface area (Å²) in [6.07, 6.45) is 0. The molecule has 3 aromatic rings. The van der Waals surface area contributed by atoms with E-state index in [1.54, 1.807) is 6.07 Å².